The van der Waals surface area contributed by atoms with Crippen LogP contribution in [0.2, 0.25) is 0 Å². The van der Waals surface area contributed by atoms with E-state index in [1.165, 1.54) is 0 Å². The zero-order chi connectivity index (χ0) is 25.8. The Balaban J connectivity index is 1.71. The van der Waals surface area contributed by atoms with Crippen LogP contribution in [0.3, 0.4) is 0 Å². The van der Waals surface area contributed by atoms with E-state index >= 15 is 0 Å². The van der Waals surface area contributed by atoms with E-state index in [2.05, 4.69) is 47.4 Å². The standard InChI is InChI=1S/C38H22/c1-5-13-31(14-6-1)21-25-35-27-28-36(26-22-32-15-7-2-8-16-32)38(30-24-34-19-11-4-12-20-34)37(35)29-23-33-17-9-3-10-18-33/h1-20,27-28H. The summed E-state index contributed by atoms with van der Waals surface area (Å²) in [4.78, 5) is 0. The average Bonchev–Trinajstić information content (AvgIpc) is 2.99. The molecular weight excluding hydrogens is 456 g/mol. The highest BCUT2D eigenvalue weighted by molar-refractivity contribution is 5.68. The van der Waals surface area contributed by atoms with Crippen molar-refractivity contribution in [3.63, 3.8) is 0 Å². The summed E-state index contributed by atoms with van der Waals surface area (Å²) < 4.78 is 0. The first-order valence-corrected chi connectivity index (χ1v) is 12.3. The predicted octanol–water partition coefficient (Wildman–Crippen LogP) is 7.29. The van der Waals surface area contributed by atoms with Gasteiger partial charge in [0.1, 0.15) is 0 Å². The molecule has 38 heavy (non-hydrogen) atoms. The van der Waals surface area contributed by atoms with Crippen LogP contribution in [0.15, 0.2) is 133 Å². The minimum atomic E-state index is 0.778. The Hall–Kier alpha value is -5.66. The van der Waals surface area contributed by atoms with Crippen LogP contribution in [0.1, 0.15) is 44.5 Å². The van der Waals surface area contributed by atoms with Crippen LogP contribution in [0.4, 0.5) is 0 Å². The third kappa shape index (κ3) is 6.51. The van der Waals surface area contributed by atoms with E-state index in [1.807, 2.05) is 133 Å². The first kappa shape index (κ1) is 24.1. The third-order valence-corrected chi connectivity index (χ3v) is 5.65. The van der Waals surface area contributed by atoms with Gasteiger partial charge in [0.15, 0.2) is 0 Å². The molecule has 0 heteroatoms. The maximum Gasteiger partial charge on any atom is 0.0575 e. The van der Waals surface area contributed by atoms with Crippen molar-refractivity contribution >= 4 is 0 Å². The van der Waals surface area contributed by atoms with Crippen molar-refractivity contribution in [3.8, 4) is 47.4 Å². The Morgan fingerprint density at radius 1 is 0.237 bits per heavy atom. The molecule has 0 bridgehead atoms. The fraction of sp³-hybridized carbons (Fsp3) is 0. The lowest BCUT2D eigenvalue weighted by atomic mass is 9.95. The largest absolute Gasteiger partial charge is 0.0622 e. The quantitative estimate of drug-likeness (QED) is 0.205. The van der Waals surface area contributed by atoms with Gasteiger partial charge in [0, 0.05) is 33.4 Å². The monoisotopic (exact) mass is 478 g/mol. The summed E-state index contributed by atoms with van der Waals surface area (Å²) in [6.07, 6.45) is 0. The molecule has 0 saturated heterocycles. The van der Waals surface area contributed by atoms with E-state index < -0.39 is 0 Å². The Labute approximate surface area is 225 Å². The summed E-state index contributed by atoms with van der Waals surface area (Å²) >= 11 is 0. The van der Waals surface area contributed by atoms with Crippen molar-refractivity contribution in [1.82, 2.24) is 0 Å². The zero-order valence-electron chi connectivity index (χ0n) is 20.7. The molecule has 0 unspecified atom stereocenters. The van der Waals surface area contributed by atoms with Crippen LogP contribution in [0.5, 0.6) is 0 Å². The zero-order valence-corrected chi connectivity index (χ0v) is 20.7. The van der Waals surface area contributed by atoms with Crippen LogP contribution in [-0.2, 0) is 0 Å². The fourth-order valence-corrected chi connectivity index (χ4v) is 3.70. The van der Waals surface area contributed by atoms with Crippen LogP contribution < -0.4 is 0 Å². The molecule has 0 radical (unpaired) electrons. The molecule has 0 aromatic heterocycles. The highest BCUT2D eigenvalue weighted by atomic mass is 14.1. The smallest absolute Gasteiger partial charge is 0.0575 e. The summed E-state index contributed by atoms with van der Waals surface area (Å²) in [5.74, 6) is 26.6. The van der Waals surface area contributed by atoms with Crippen molar-refractivity contribution in [1.29, 1.82) is 0 Å². The molecule has 0 heterocycles. The Morgan fingerprint density at radius 3 is 0.789 bits per heavy atom. The topological polar surface area (TPSA) is 0 Å². The minimum absolute atomic E-state index is 0.778. The highest BCUT2D eigenvalue weighted by Crippen LogP contribution is 2.19. The minimum Gasteiger partial charge on any atom is -0.0622 e. The van der Waals surface area contributed by atoms with Gasteiger partial charge in [-0.1, -0.05) is 120 Å². The Kier molecular flexibility index (Phi) is 7.81. The SMILES string of the molecule is C(#Cc1ccc(C#Cc2ccccc2)c(C#Cc2ccccc2)c1C#Cc1ccccc1)c1ccccc1. The fourth-order valence-electron chi connectivity index (χ4n) is 3.70. The van der Waals surface area contributed by atoms with Crippen molar-refractivity contribution in [2.45, 2.75) is 0 Å². The van der Waals surface area contributed by atoms with Crippen molar-refractivity contribution < 1.29 is 0 Å². The molecule has 0 N–H and O–H groups in total. The van der Waals surface area contributed by atoms with Crippen molar-refractivity contribution in [3.05, 3.63) is 178 Å². The molecular formula is C38H22. The summed E-state index contributed by atoms with van der Waals surface area (Å²) in [5, 5.41) is 0. The van der Waals surface area contributed by atoms with E-state index in [9.17, 15) is 0 Å². The Morgan fingerprint density at radius 2 is 0.500 bits per heavy atom. The van der Waals surface area contributed by atoms with Gasteiger partial charge in [-0.2, -0.15) is 0 Å². The molecule has 0 amide bonds. The number of hydrogen-bond acceptors (Lipinski definition) is 0. The molecule has 5 rings (SSSR count). The maximum absolute atomic E-state index is 3.39. The van der Waals surface area contributed by atoms with Gasteiger partial charge in [-0.25, -0.2) is 0 Å². The highest BCUT2D eigenvalue weighted by Gasteiger charge is 2.09. The van der Waals surface area contributed by atoms with Gasteiger partial charge in [-0.3, -0.25) is 0 Å². The molecule has 0 aliphatic rings. The van der Waals surface area contributed by atoms with E-state index in [0.29, 0.717) is 0 Å². The van der Waals surface area contributed by atoms with Crippen LogP contribution in [0.25, 0.3) is 0 Å². The molecule has 0 aliphatic carbocycles. The van der Waals surface area contributed by atoms with Gasteiger partial charge in [-0.15, -0.1) is 0 Å². The first-order valence-electron chi connectivity index (χ1n) is 12.3. The van der Waals surface area contributed by atoms with Gasteiger partial charge in [0.25, 0.3) is 0 Å². The molecule has 0 aliphatic heterocycles. The Bertz CT molecular complexity index is 1650. The third-order valence-electron chi connectivity index (χ3n) is 5.65. The second kappa shape index (κ2) is 12.3. The average molecular weight is 479 g/mol. The lowest BCUT2D eigenvalue weighted by Gasteiger charge is -2.05. The van der Waals surface area contributed by atoms with Gasteiger partial charge < -0.3 is 0 Å². The van der Waals surface area contributed by atoms with Crippen molar-refractivity contribution in [2.75, 3.05) is 0 Å². The number of rotatable bonds is 0. The maximum atomic E-state index is 3.39. The normalized spacial score (nSPS) is 9.26. The van der Waals surface area contributed by atoms with Crippen molar-refractivity contribution in [2.24, 2.45) is 0 Å². The lowest BCUT2D eigenvalue weighted by Crippen LogP contribution is -1.95. The molecule has 174 valence electrons. The second-order valence-corrected chi connectivity index (χ2v) is 8.37. The number of benzene rings is 5. The van der Waals surface area contributed by atoms with Crippen LogP contribution in [-0.4, -0.2) is 0 Å². The molecule has 0 saturated carbocycles. The van der Waals surface area contributed by atoms with Crippen LogP contribution in [0, 0.1) is 47.4 Å². The molecule has 0 spiro atoms. The van der Waals surface area contributed by atoms with E-state index in [1.54, 1.807) is 0 Å². The summed E-state index contributed by atoms with van der Waals surface area (Å²) in [5.41, 5.74) is 6.94. The molecule has 0 nitrogen and oxygen atoms in total. The van der Waals surface area contributed by atoms with Gasteiger partial charge in [0.05, 0.1) is 11.1 Å². The van der Waals surface area contributed by atoms with Gasteiger partial charge in [0.2, 0.25) is 0 Å². The summed E-state index contributed by atoms with van der Waals surface area (Å²) in [6.45, 7) is 0. The van der Waals surface area contributed by atoms with E-state index in [0.717, 1.165) is 44.5 Å². The van der Waals surface area contributed by atoms with Gasteiger partial charge in [-0.05, 0) is 60.7 Å². The molecule has 5 aromatic rings. The second-order valence-electron chi connectivity index (χ2n) is 8.37. The van der Waals surface area contributed by atoms with Crippen LogP contribution >= 0.6 is 0 Å². The summed E-state index contributed by atoms with van der Waals surface area (Å²) in [7, 11) is 0. The molecule has 5 aromatic carbocycles. The van der Waals surface area contributed by atoms with Gasteiger partial charge >= 0.3 is 0 Å². The molecule has 0 fully saturated rings. The van der Waals surface area contributed by atoms with E-state index in [-0.39, 0.29) is 0 Å². The molecule has 0 atom stereocenters. The van der Waals surface area contributed by atoms with E-state index in [4.69, 9.17) is 0 Å². The first-order chi connectivity index (χ1) is 18.8. The predicted molar refractivity (Wildman–Crippen MR) is 156 cm³/mol. The number of hydrogen-bond donors (Lipinski definition) is 0. The lowest BCUT2D eigenvalue weighted by molar-refractivity contribution is 1.50. The summed E-state index contributed by atoms with van der Waals surface area (Å²) in [6, 6.07) is 43.8.